The Hall–Kier alpha value is -0.870. The highest BCUT2D eigenvalue weighted by Gasteiger charge is 2.19. The highest BCUT2D eigenvalue weighted by atomic mass is 79.9. The van der Waals surface area contributed by atoms with Gasteiger partial charge in [-0.2, -0.15) is 0 Å². The summed E-state index contributed by atoms with van der Waals surface area (Å²) in [6.45, 7) is 4.93. The van der Waals surface area contributed by atoms with Crippen molar-refractivity contribution >= 4 is 21.8 Å². The molecule has 1 aromatic carbocycles. The molecule has 4 heteroatoms. The molecule has 1 amide bonds. The molecule has 1 aliphatic rings. The van der Waals surface area contributed by atoms with Crippen LogP contribution in [-0.2, 0) is 4.79 Å². The van der Waals surface area contributed by atoms with E-state index in [4.69, 9.17) is 0 Å². The fourth-order valence-corrected chi connectivity index (χ4v) is 3.09. The van der Waals surface area contributed by atoms with E-state index in [1.165, 1.54) is 5.56 Å². The first-order chi connectivity index (χ1) is 9.18. The van der Waals surface area contributed by atoms with Crippen molar-refractivity contribution in [3.63, 3.8) is 0 Å². The second-order valence-electron chi connectivity index (χ2n) is 5.04. The molecule has 1 fully saturated rings. The van der Waals surface area contributed by atoms with E-state index < -0.39 is 0 Å². The monoisotopic (exact) mass is 324 g/mol. The maximum atomic E-state index is 11.5. The zero-order valence-electron chi connectivity index (χ0n) is 11.4. The first-order valence-corrected chi connectivity index (χ1v) is 7.73. The van der Waals surface area contributed by atoms with Gasteiger partial charge < -0.3 is 10.2 Å². The van der Waals surface area contributed by atoms with E-state index in [0.29, 0.717) is 11.9 Å². The summed E-state index contributed by atoms with van der Waals surface area (Å²) >= 11 is 3.57. The fourth-order valence-electron chi connectivity index (χ4n) is 2.47. The fraction of sp³-hybridized carbons (Fsp3) is 0.533. The van der Waals surface area contributed by atoms with Crippen molar-refractivity contribution in [1.82, 2.24) is 10.2 Å². The van der Waals surface area contributed by atoms with Crippen LogP contribution in [0, 0.1) is 0 Å². The lowest BCUT2D eigenvalue weighted by atomic mass is 10.1. The molecule has 0 aromatic heterocycles. The van der Waals surface area contributed by atoms with Crippen LogP contribution in [0.5, 0.6) is 0 Å². The topological polar surface area (TPSA) is 32.3 Å². The number of amides is 1. The molecule has 1 N–H and O–H groups in total. The Balaban J connectivity index is 1.71. The van der Waals surface area contributed by atoms with Crippen LogP contribution in [0.15, 0.2) is 28.7 Å². The third kappa shape index (κ3) is 4.05. The standard InChI is InChI=1S/C15H21BrN2O/c1-12(13-6-2-3-7-14(13)16)17-9-5-11-18-10-4-8-15(18)19/h2-3,6-7,12,17H,4-5,8-11H2,1H3/t12-/m1/s1. The Labute approximate surface area is 123 Å². The molecule has 0 aliphatic carbocycles. The van der Waals surface area contributed by atoms with Crippen molar-refractivity contribution in [2.75, 3.05) is 19.6 Å². The number of hydrogen-bond acceptors (Lipinski definition) is 2. The van der Waals surface area contributed by atoms with Crippen molar-refractivity contribution in [2.45, 2.75) is 32.2 Å². The largest absolute Gasteiger partial charge is 0.343 e. The van der Waals surface area contributed by atoms with Crippen LogP contribution in [0.4, 0.5) is 0 Å². The smallest absolute Gasteiger partial charge is 0.222 e. The number of hydrogen-bond donors (Lipinski definition) is 1. The summed E-state index contributed by atoms with van der Waals surface area (Å²) in [5, 5.41) is 3.51. The predicted octanol–water partition coefficient (Wildman–Crippen LogP) is 3.11. The van der Waals surface area contributed by atoms with Gasteiger partial charge in [0, 0.05) is 30.0 Å². The van der Waals surface area contributed by atoms with E-state index in [9.17, 15) is 4.79 Å². The first-order valence-electron chi connectivity index (χ1n) is 6.94. The highest BCUT2D eigenvalue weighted by Crippen LogP contribution is 2.22. The van der Waals surface area contributed by atoms with E-state index in [1.54, 1.807) is 0 Å². The van der Waals surface area contributed by atoms with Gasteiger partial charge in [0.05, 0.1) is 0 Å². The Morgan fingerprint density at radius 2 is 2.21 bits per heavy atom. The van der Waals surface area contributed by atoms with Gasteiger partial charge in [-0.3, -0.25) is 4.79 Å². The lowest BCUT2D eigenvalue weighted by molar-refractivity contribution is -0.127. The molecule has 2 rings (SSSR count). The van der Waals surface area contributed by atoms with E-state index in [0.717, 1.165) is 43.4 Å². The molecule has 1 heterocycles. The number of benzene rings is 1. The second-order valence-corrected chi connectivity index (χ2v) is 5.89. The molecule has 19 heavy (non-hydrogen) atoms. The van der Waals surface area contributed by atoms with Crippen molar-refractivity contribution in [2.24, 2.45) is 0 Å². The van der Waals surface area contributed by atoms with Crippen LogP contribution in [0.1, 0.15) is 37.8 Å². The summed E-state index contributed by atoms with van der Waals surface area (Å²) in [5.74, 6) is 0.318. The summed E-state index contributed by atoms with van der Waals surface area (Å²) < 4.78 is 1.14. The summed E-state index contributed by atoms with van der Waals surface area (Å²) in [6.07, 6.45) is 2.78. The molecule has 104 valence electrons. The van der Waals surface area contributed by atoms with Crippen LogP contribution >= 0.6 is 15.9 Å². The maximum absolute atomic E-state index is 11.5. The van der Waals surface area contributed by atoms with E-state index in [-0.39, 0.29) is 0 Å². The van der Waals surface area contributed by atoms with Gasteiger partial charge in [-0.05, 0) is 37.9 Å². The van der Waals surface area contributed by atoms with Crippen molar-refractivity contribution in [3.8, 4) is 0 Å². The number of halogens is 1. The van der Waals surface area contributed by atoms with Gasteiger partial charge in [0.15, 0.2) is 0 Å². The van der Waals surface area contributed by atoms with E-state index >= 15 is 0 Å². The number of likely N-dealkylation sites (tertiary alicyclic amines) is 1. The zero-order chi connectivity index (χ0) is 13.7. The van der Waals surface area contributed by atoms with Crippen molar-refractivity contribution in [1.29, 1.82) is 0 Å². The van der Waals surface area contributed by atoms with Gasteiger partial charge in [0.2, 0.25) is 5.91 Å². The lowest BCUT2D eigenvalue weighted by Crippen LogP contribution is -2.29. The van der Waals surface area contributed by atoms with Gasteiger partial charge in [-0.25, -0.2) is 0 Å². The van der Waals surface area contributed by atoms with Crippen LogP contribution in [-0.4, -0.2) is 30.4 Å². The molecular formula is C15H21BrN2O. The quantitative estimate of drug-likeness (QED) is 0.815. The third-order valence-electron chi connectivity index (χ3n) is 3.60. The minimum atomic E-state index is 0.318. The van der Waals surface area contributed by atoms with Crippen molar-refractivity contribution in [3.05, 3.63) is 34.3 Å². The summed E-state index contributed by atoms with van der Waals surface area (Å²) in [7, 11) is 0. The van der Waals surface area contributed by atoms with Crippen LogP contribution in [0.3, 0.4) is 0 Å². The van der Waals surface area contributed by atoms with E-state index in [1.807, 2.05) is 11.0 Å². The molecule has 1 aliphatic heterocycles. The van der Waals surface area contributed by atoms with Gasteiger partial charge in [0.1, 0.15) is 0 Å². The number of nitrogens with zero attached hydrogens (tertiary/aromatic N) is 1. The number of rotatable bonds is 6. The van der Waals surface area contributed by atoms with Crippen LogP contribution in [0.25, 0.3) is 0 Å². The molecule has 0 unspecified atom stereocenters. The number of carbonyl (C=O) groups excluding carboxylic acids is 1. The molecule has 0 spiro atoms. The Morgan fingerprint density at radius 3 is 2.89 bits per heavy atom. The van der Waals surface area contributed by atoms with Gasteiger partial charge in [-0.15, -0.1) is 0 Å². The van der Waals surface area contributed by atoms with Crippen LogP contribution < -0.4 is 5.32 Å². The Kier molecular flexibility index (Phi) is 5.40. The number of carbonyl (C=O) groups is 1. The molecule has 0 bridgehead atoms. The SMILES string of the molecule is C[C@@H](NCCCN1CCCC1=O)c1ccccc1Br. The van der Waals surface area contributed by atoms with Crippen molar-refractivity contribution < 1.29 is 4.79 Å². The van der Waals surface area contributed by atoms with Gasteiger partial charge in [0.25, 0.3) is 0 Å². The summed E-state index contributed by atoms with van der Waals surface area (Å²) in [4.78, 5) is 13.4. The minimum absolute atomic E-state index is 0.318. The molecule has 3 nitrogen and oxygen atoms in total. The third-order valence-corrected chi connectivity index (χ3v) is 4.32. The van der Waals surface area contributed by atoms with Crippen LogP contribution in [0.2, 0.25) is 0 Å². The molecule has 0 radical (unpaired) electrons. The number of nitrogens with one attached hydrogen (secondary N) is 1. The molecular weight excluding hydrogens is 304 g/mol. The Morgan fingerprint density at radius 1 is 1.42 bits per heavy atom. The average molecular weight is 325 g/mol. The lowest BCUT2D eigenvalue weighted by Gasteiger charge is -2.18. The Bertz CT molecular complexity index is 436. The van der Waals surface area contributed by atoms with E-state index in [2.05, 4.69) is 46.4 Å². The average Bonchev–Trinajstić information content (AvgIpc) is 2.80. The molecule has 0 saturated carbocycles. The maximum Gasteiger partial charge on any atom is 0.222 e. The molecule has 1 atom stereocenters. The van der Waals surface area contributed by atoms with Gasteiger partial charge in [-0.1, -0.05) is 34.1 Å². The normalized spacial score (nSPS) is 16.9. The molecule has 1 saturated heterocycles. The summed E-state index contributed by atoms with van der Waals surface area (Å²) in [5.41, 5.74) is 1.28. The van der Waals surface area contributed by atoms with Gasteiger partial charge >= 0.3 is 0 Å². The minimum Gasteiger partial charge on any atom is -0.343 e. The highest BCUT2D eigenvalue weighted by molar-refractivity contribution is 9.10. The molecule has 1 aromatic rings. The second kappa shape index (κ2) is 7.06. The zero-order valence-corrected chi connectivity index (χ0v) is 12.9. The predicted molar refractivity (Wildman–Crippen MR) is 81.0 cm³/mol. The first kappa shape index (κ1) is 14.5. The summed E-state index contributed by atoms with van der Waals surface area (Å²) in [6, 6.07) is 8.60.